The van der Waals surface area contributed by atoms with Gasteiger partial charge in [0.1, 0.15) is 6.33 Å². The molecule has 2 rings (SSSR count). The van der Waals surface area contributed by atoms with Crippen LogP contribution in [0.4, 0.5) is 0 Å². The van der Waals surface area contributed by atoms with E-state index in [2.05, 4.69) is 34.6 Å². The highest BCUT2D eigenvalue weighted by Gasteiger charge is 2.12. The molecule has 0 aromatic carbocycles. The Balaban J connectivity index is 2.41. The molecule has 0 spiro atoms. The lowest BCUT2D eigenvalue weighted by Crippen LogP contribution is -2.06. The smallest absolute Gasteiger partial charge is 0.195 e. The average molecular weight is 225 g/mol. The molecule has 0 radical (unpaired) electrons. The average Bonchev–Trinajstić information content (AvgIpc) is 2.80. The quantitative estimate of drug-likeness (QED) is 0.815. The summed E-state index contributed by atoms with van der Waals surface area (Å²) in [5.74, 6) is 0. The van der Waals surface area contributed by atoms with Crippen molar-refractivity contribution in [2.24, 2.45) is 0 Å². The van der Waals surface area contributed by atoms with Crippen molar-refractivity contribution in [2.45, 2.75) is 19.4 Å². The summed E-state index contributed by atoms with van der Waals surface area (Å²) >= 11 is 6.91. The second kappa shape index (κ2) is 4.06. The summed E-state index contributed by atoms with van der Waals surface area (Å²) in [6, 6.07) is 4.52. The van der Waals surface area contributed by atoms with E-state index in [4.69, 9.17) is 12.2 Å². The van der Waals surface area contributed by atoms with Crippen molar-refractivity contribution in [1.29, 1.82) is 0 Å². The number of thiophene rings is 1. The van der Waals surface area contributed by atoms with Crippen molar-refractivity contribution in [3.8, 4) is 0 Å². The van der Waals surface area contributed by atoms with Gasteiger partial charge < -0.3 is 0 Å². The van der Waals surface area contributed by atoms with Gasteiger partial charge in [-0.2, -0.15) is 5.10 Å². The monoisotopic (exact) mass is 225 g/mol. The number of H-pyrrole nitrogens is 1. The largest absolute Gasteiger partial charge is 0.298 e. The molecule has 0 saturated carbocycles. The number of nitrogens with zero attached hydrogens (tertiary/aromatic N) is 2. The molecule has 3 nitrogen and oxygen atoms in total. The first-order chi connectivity index (χ1) is 6.83. The Hall–Kier alpha value is -0.940. The van der Waals surface area contributed by atoms with Gasteiger partial charge in [0.05, 0.1) is 6.04 Å². The highest BCUT2D eigenvalue weighted by Crippen LogP contribution is 2.25. The molecule has 0 aliphatic heterocycles. The van der Waals surface area contributed by atoms with E-state index < -0.39 is 0 Å². The molecule has 5 heteroatoms. The molecule has 0 saturated heterocycles. The molecule has 1 N–H and O–H groups in total. The number of hydrogen-bond acceptors (Lipinski definition) is 3. The van der Waals surface area contributed by atoms with Gasteiger partial charge in [0.2, 0.25) is 0 Å². The van der Waals surface area contributed by atoms with Gasteiger partial charge >= 0.3 is 0 Å². The van der Waals surface area contributed by atoms with Crippen molar-refractivity contribution in [3.05, 3.63) is 33.5 Å². The Morgan fingerprint density at radius 1 is 1.71 bits per heavy atom. The van der Waals surface area contributed by atoms with E-state index in [0.29, 0.717) is 10.8 Å². The van der Waals surface area contributed by atoms with Gasteiger partial charge in [-0.25, -0.2) is 0 Å². The zero-order valence-corrected chi connectivity index (χ0v) is 9.44. The lowest BCUT2D eigenvalue weighted by molar-refractivity contribution is 0.568. The number of aromatic nitrogens is 3. The molecule has 0 amide bonds. The van der Waals surface area contributed by atoms with Crippen LogP contribution < -0.4 is 0 Å². The molecule has 1 unspecified atom stereocenters. The first kappa shape index (κ1) is 9.61. The normalized spacial score (nSPS) is 12.9. The Bertz CT molecular complexity index is 441. The summed E-state index contributed by atoms with van der Waals surface area (Å²) in [7, 11) is 0. The van der Waals surface area contributed by atoms with Crippen LogP contribution in [0.15, 0.2) is 23.8 Å². The van der Waals surface area contributed by atoms with Gasteiger partial charge in [0.15, 0.2) is 4.77 Å². The van der Waals surface area contributed by atoms with Gasteiger partial charge in [-0.15, -0.1) is 11.3 Å². The van der Waals surface area contributed by atoms with Crippen LogP contribution in [-0.2, 0) is 0 Å². The third-order valence-corrected chi connectivity index (χ3v) is 3.45. The third kappa shape index (κ3) is 1.65. The number of aromatic amines is 1. The summed E-state index contributed by atoms with van der Waals surface area (Å²) in [5, 5.41) is 8.80. The first-order valence-electron chi connectivity index (χ1n) is 4.48. The van der Waals surface area contributed by atoms with E-state index in [1.165, 1.54) is 4.88 Å². The molecule has 74 valence electrons. The standard InChI is InChI=1S/C9H11N3S2/c1-2-7(8-4-3-5-14-8)12-6-10-11-9(12)13/h3-7H,2H2,1H3,(H,11,13). The summed E-state index contributed by atoms with van der Waals surface area (Å²) in [6.07, 6.45) is 2.78. The summed E-state index contributed by atoms with van der Waals surface area (Å²) in [6.45, 7) is 2.15. The van der Waals surface area contributed by atoms with Gasteiger partial charge in [-0.05, 0) is 30.1 Å². The maximum atomic E-state index is 5.15. The molecule has 14 heavy (non-hydrogen) atoms. The van der Waals surface area contributed by atoms with E-state index in [0.717, 1.165) is 6.42 Å². The van der Waals surface area contributed by atoms with E-state index in [-0.39, 0.29) is 0 Å². The predicted octanol–water partition coefficient (Wildman–Crippen LogP) is 3.00. The molecule has 2 heterocycles. The third-order valence-electron chi connectivity index (χ3n) is 2.17. The fourth-order valence-corrected chi connectivity index (χ4v) is 2.63. The Kier molecular flexibility index (Phi) is 2.79. The Morgan fingerprint density at radius 3 is 3.07 bits per heavy atom. The summed E-state index contributed by atoms with van der Waals surface area (Å²) in [5.41, 5.74) is 0. The molecule has 2 aromatic heterocycles. The maximum absolute atomic E-state index is 5.15. The van der Waals surface area contributed by atoms with Crippen LogP contribution in [-0.4, -0.2) is 14.8 Å². The van der Waals surface area contributed by atoms with Crippen LogP contribution in [0.25, 0.3) is 0 Å². The molecular formula is C9H11N3S2. The van der Waals surface area contributed by atoms with Crippen LogP contribution in [0.3, 0.4) is 0 Å². The zero-order valence-electron chi connectivity index (χ0n) is 7.80. The lowest BCUT2D eigenvalue weighted by Gasteiger charge is -2.13. The SMILES string of the molecule is CCC(c1cccs1)n1cn[nH]c1=S. The summed E-state index contributed by atoms with van der Waals surface area (Å²) < 4.78 is 2.69. The summed E-state index contributed by atoms with van der Waals surface area (Å²) in [4.78, 5) is 1.32. The topological polar surface area (TPSA) is 33.6 Å². The molecule has 0 bridgehead atoms. The first-order valence-corrected chi connectivity index (χ1v) is 5.76. The van der Waals surface area contributed by atoms with Crippen molar-refractivity contribution in [2.75, 3.05) is 0 Å². The van der Waals surface area contributed by atoms with Gasteiger partial charge in [-0.3, -0.25) is 9.67 Å². The molecule has 0 fully saturated rings. The van der Waals surface area contributed by atoms with Gasteiger partial charge in [0, 0.05) is 4.88 Å². The number of rotatable bonds is 3. The minimum atomic E-state index is 0.321. The van der Waals surface area contributed by atoms with Crippen molar-refractivity contribution >= 4 is 23.6 Å². The fraction of sp³-hybridized carbons (Fsp3) is 0.333. The van der Waals surface area contributed by atoms with Crippen LogP contribution >= 0.6 is 23.6 Å². The number of nitrogens with one attached hydrogen (secondary N) is 1. The van der Waals surface area contributed by atoms with E-state index in [9.17, 15) is 0 Å². The zero-order chi connectivity index (χ0) is 9.97. The van der Waals surface area contributed by atoms with Crippen molar-refractivity contribution in [3.63, 3.8) is 0 Å². The van der Waals surface area contributed by atoms with E-state index in [1.54, 1.807) is 17.7 Å². The van der Waals surface area contributed by atoms with Gasteiger partial charge in [-0.1, -0.05) is 13.0 Å². The van der Waals surface area contributed by atoms with Crippen molar-refractivity contribution in [1.82, 2.24) is 14.8 Å². The van der Waals surface area contributed by atoms with Crippen LogP contribution in [0.1, 0.15) is 24.3 Å². The minimum absolute atomic E-state index is 0.321. The fourth-order valence-electron chi connectivity index (χ4n) is 1.49. The van der Waals surface area contributed by atoms with Crippen LogP contribution in [0.5, 0.6) is 0 Å². The van der Waals surface area contributed by atoms with Gasteiger partial charge in [0.25, 0.3) is 0 Å². The van der Waals surface area contributed by atoms with Crippen molar-refractivity contribution < 1.29 is 0 Å². The minimum Gasteiger partial charge on any atom is -0.298 e. The number of hydrogen-bond donors (Lipinski definition) is 1. The van der Waals surface area contributed by atoms with Crippen LogP contribution in [0, 0.1) is 4.77 Å². The highest BCUT2D eigenvalue weighted by molar-refractivity contribution is 7.71. The molecule has 0 aliphatic carbocycles. The molecule has 1 atom stereocenters. The van der Waals surface area contributed by atoms with E-state index in [1.807, 2.05) is 4.57 Å². The van der Waals surface area contributed by atoms with Crippen LogP contribution in [0.2, 0.25) is 0 Å². The highest BCUT2D eigenvalue weighted by atomic mass is 32.1. The second-order valence-electron chi connectivity index (χ2n) is 3.01. The molecule has 2 aromatic rings. The lowest BCUT2D eigenvalue weighted by atomic mass is 10.2. The Morgan fingerprint density at radius 2 is 2.57 bits per heavy atom. The molecule has 0 aliphatic rings. The van der Waals surface area contributed by atoms with E-state index >= 15 is 0 Å². The predicted molar refractivity (Wildman–Crippen MR) is 60.2 cm³/mol. The second-order valence-corrected chi connectivity index (χ2v) is 4.37. The molecular weight excluding hydrogens is 214 g/mol. The maximum Gasteiger partial charge on any atom is 0.195 e. The Labute approximate surface area is 91.4 Å².